The maximum absolute atomic E-state index is 14.0. The molecule has 6 rings (SSSR count). The Morgan fingerprint density at radius 1 is 0.859 bits per heavy atom. The molecule has 2 aromatic heterocycles. The van der Waals surface area contributed by atoms with E-state index in [1.165, 1.54) is 28.4 Å². The molecule has 1 aliphatic rings. The Hall–Kier alpha value is -6.63. The van der Waals surface area contributed by atoms with Gasteiger partial charge in [0.15, 0.2) is 0 Å². The topological polar surface area (TPSA) is 165 Å². The summed E-state index contributed by atoms with van der Waals surface area (Å²) in [4.78, 5) is 71.6. The van der Waals surface area contributed by atoms with Gasteiger partial charge < -0.3 is 25.6 Å². The van der Waals surface area contributed by atoms with E-state index in [4.69, 9.17) is 0 Å². The molecule has 13 nitrogen and oxygen atoms in total. The normalized spacial score (nSPS) is 14.9. The summed E-state index contributed by atoms with van der Waals surface area (Å²) in [5.74, 6) is -15.2. The lowest BCUT2D eigenvalue weighted by atomic mass is 9.85. The quantitative estimate of drug-likeness (QED) is 0.0225. The maximum Gasteiger partial charge on any atom is 0.345 e. The second-order valence-corrected chi connectivity index (χ2v) is 16.1. The first kappa shape index (κ1) is 46.9. The fourth-order valence-corrected chi connectivity index (χ4v) is 8.06. The molecular formula is C45H44F5N7O6S. The molecule has 64 heavy (non-hydrogen) atoms. The van der Waals surface area contributed by atoms with Gasteiger partial charge in [-0.15, -0.1) is 0 Å². The van der Waals surface area contributed by atoms with Crippen LogP contribution in [-0.4, -0.2) is 82.6 Å². The number of unbranched alkanes of at least 4 members (excludes halogenated alkanes) is 2. The third-order valence-electron chi connectivity index (χ3n) is 10.5. The van der Waals surface area contributed by atoms with Crippen LogP contribution in [-0.2, 0) is 14.4 Å². The van der Waals surface area contributed by atoms with Crippen LogP contribution in [0.3, 0.4) is 0 Å². The van der Waals surface area contributed by atoms with Crippen LogP contribution in [0.15, 0.2) is 76.7 Å². The monoisotopic (exact) mass is 905 g/mol. The number of pyridine rings is 1. The first-order chi connectivity index (χ1) is 30.7. The molecule has 0 spiro atoms. The number of hydrogen-bond donors (Lipinski definition) is 3. The molecule has 0 radical (unpaired) electrons. The Kier molecular flexibility index (Phi) is 15.8. The van der Waals surface area contributed by atoms with Crippen molar-refractivity contribution in [3.63, 3.8) is 0 Å². The molecule has 4 amide bonds. The summed E-state index contributed by atoms with van der Waals surface area (Å²) in [6.45, 7) is 0.0182. The average molecular weight is 906 g/mol. The van der Waals surface area contributed by atoms with Gasteiger partial charge in [0.05, 0.1) is 22.5 Å². The summed E-state index contributed by atoms with van der Waals surface area (Å²) in [7, 11) is 3.07. The van der Waals surface area contributed by atoms with E-state index in [0.717, 1.165) is 9.79 Å². The van der Waals surface area contributed by atoms with Crippen molar-refractivity contribution in [2.75, 3.05) is 27.2 Å². The molecule has 19 heteroatoms. The lowest BCUT2D eigenvalue weighted by Crippen LogP contribution is -2.46. The fourth-order valence-electron chi connectivity index (χ4n) is 7.08. The zero-order valence-electron chi connectivity index (χ0n) is 34.8. The molecule has 0 bridgehead atoms. The Morgan fingerprint density at radius 3 is 2.27 bits per heavy atom. The molecule has 1 saturated carbocycles. The van der Waals surface area contributed by atoms with Crippen LogP contribution in [0.4, 0.5) is 26.7 Å². The molecule has 3 aromatic carbocycles. The SMILES string of the molecule is CNC(=O)c1ccccc1Sc1ccc2c(/C=C/c3ccccn3)nn(C(=O)N(C)CC(=O)NC3CCC(C(=O)NCCCCCC(=O)Oc4c(F)c(F)c(F)c(F)c4F)CC3)c2c1. The van der Waals surface area contributed by atoms with Crippen LogP contribution in [0.1, 0.15) is 73.1 Å². The van der Waals surface area contributed by atoms with Gasteiger partial charge in [0.25, 0.3) is 5.91 Å². The molecule has 5 aromatic rings. The van der Waals surface area contributed by atoms with E-state index in [1.807, 2.05) is 42.5 Å². The summed E-state index contributed by atoms with van der Waals surface area (Å²) in [6, 6.07) is 17.5. The summed E-state index contributed by atoms with van der Waals surface area (Å²) in [5.41, 5.74) is 2.20. The van der Waals surface area contributed by atoms with Crippen LogP contribution >= 0.6 is 11.8 Å². The number of carbonyl (C=O) groups excluding carboxylic acids is 5. The van der Waals surface area contributed by atoms with Crippen molar-refractivity contribution >= 4 is 64.5 Å². The van der Waals surface area contributed by atoms with Gasteiger partial charge in [0.1, 0.15) is 6.54 Å². The molecule has 336 valence electrons. The number of benzene rings is 3. The molecule has 0 unspecified atom stereocenters. The minimum Gasteiger partial charge on any atom is -0.420 e. The zero-order valence-corrected chi connectivity index (χ0v) is 35.6. The lowest BCUT2D eigenvalue weighted by molar-refractivity contribution is -0.135. The van der Waals surface area contributed by atoms with Crippen LogP contribution in [0, 0.1) is 35.0 Å². The number of aromatic nitrogens is 3. The molecule has 0 aliphatic heterocycles. The minimum atomic E-state index is -2.36. The number of hydrogen-bond acceptors (Lipinski definition) is 9. The van der Waals surface area contributed by atoms with Gasteiger partial charge in [-0.2, -0.15) is 18.6 Å². The van der Waals surface area contributed by atoms with E-state index in [2.05, 4.69) is 30.8 Å². The summed E-state index contributed by atoms with van der Waals surface area (Å²) in [6.07, 6.45) is 7.98. The summed E-state index contributed by atoms with van der Waals surface area (Å²) in [5, 5.41) is 13.8. The number of carbonyl (C=O) groups is 5. The van der Waals surface area contributed by atoms with Gasteiger partial charge in [-0.25, -0.2) is 18.0 Å². The number of fused-ring (bicyclic) bond motifs is 1. The Bertz CT molecular complexity index is 2540. The van der Waals surface area contributed by atoms with Crippen molar-refractivity contribution < 1.29 is 50.7 Å². The highest BCUT2D eigenvalue weighted by Gasteiger charge is 2.30. The van der Waals surface area contributed by atoms with Crippen LogP contribution in [0.5, 0.6) is 5.75 Å². The van der Waals surface area contributed by atoms with Gasteiger partial charge in [-0.1, -0.05) is 36.4 Å². The molecule has 0 atom stereocenters. The van der Waals surface area contributed by atoms with Crippen LogP contribution < -0.4 is 20.7 Å². The van der Waals surface area contributed by atoms with Crippen molar-refractivity contribution in [1.29, 1.82) is 0 Å². The van der Waals surface area contributed by atoms with E-state index in [9.17, 15) is 45.9 Å². The highest BCUT2D eigenvalue weighted by molar-refractivity contribution is 7.99. The molecule has 0 saturated heterocycles. The van der Waals surface area contributed by atoms with Crippen molar-refractivity contribution in [2.45, 2.75) is 67.2 Å². The Labute approximate surface area is 368 Å². The highest BCUT2D eigenvalue weighted by atomic mass is 32.2. The number of ether oxygens (including phenoxy) is 1. The number of halogens is 5. The smallest absolute Gasteiger partial charge is 0.345 e. The average Bonchev–Trinajstić information content (AvgIpc) is 3.67. The number of esters is 1. The lowest BCUT2D eigenvalue weighted by Gasteiger charge is -2.29. The number of amides is 4. The maximum atomic E-state index is 14.0. The fraction of sp³-hybridized carbons (Fsp3) is 0.311. The predicted octanol–water partition coefficient (Wildman–Crippen LogP) is 7.67. The van der Waals surface area contributed by atoms with E-state index in [1.54, 1.807) is 43.6 Å². The zero-order chi connectivity index (χ0) is 45.9. The third kappa shape index (κ3) is 11.5. The number of nitrogens with one attached hydrogen (secondary N) is 3. The minimum absolute atomic E-state index is 0.168. The van der Waals surface area contributed by atoms with Crippen molar-refractivity contribution in [3.8, 4) is 5.75 Å². The van der Waals surface area contributed by atoms with Gasteiger partial charge in [0, 0.05) is 60.4 Å². The molecule has 3 N–H and O–H groups in total. The Balaban J connectivity index is 0.979. The van der Waals surface area contributed by atoms with Crippen LogP contribution in [0.2, 0.25) is 0 Å². The van der Waals surface area contributed by atoms with E-state index in [0.29, 0.717) is 66.4 Å². The second-order valence-electron chi connectivity index (χ2n) is 15.0. The summed E-state index contributed by atoms with van der Waals surface area (Å²) >= 11 is 1.36. The van der Waals surface area contributed by atoms with Crippen molar-refractivity contribution in [2.24, 2.45) is 5.92 Å². The number of likely N-dealkylation sites (N-methyl/N-ethyl adjacent to an activating group) is 1. The first-order valence-corrected chi connectivity index (χ1v) is 21.2. The molecule has 1 fully saturated rings. The number of rotatable bonds is 16. The van der Waals surface area contributed by atoms with E-state index < -0.39 is 46.8 Å². The summed E-state index contributed by atoms with van der Waals surface area (Å²) < 4.78 is 73.2. The predicted molar refractivity (Wildman–Crippen MR) is 228 cm³/mol. The van der Waals surface area contributed by atoms with Crippen molar-refractivity contribution in [3.05, 3.63) is 113 Å². The molecule has 2 heterocycles. The van der Waals surface area contributed by atoms with Gasteiger partial charge in [-0.3, -0.25) is 24.2 Å². The van der Waals surface area contributed by atoms with Gasteiger partial charge >= 0.3 is 12.0 Å². The van der Waals surface area contributed by atoms with Gasteiger partial charge in [-0.05, 0) is 93.1 Å². The van der Waals surface area contributed by atoms with Gasteiger partial charge in [0.2, 0.25) is 46.6 Å². The standard InChI is InChI=1S/C45H44F5N7O6S/c1-51-44(61)31-11-5-6-12-34(31)64-29-19-20-30-32(21-18-27-10-7-9-22-52-27)55-57(33(30)24-29)45(62)56(2)25-35(58)54-28-16-14-26(15-17-28)43(60)53-23-8-3-4-13-36(59)63-42-40(49)38(47)37(46)39(48)41(42)50/h5-7,9-12,18-22,24,26,28H,3-4,8,13-17,23,25H2,1-2H3,(H,51,61)(H,53,60)(H,54,58)/b21-18+. The number of nitrogens with zero attached hydrogens (tertiary/aromatic N) is 4. The molecule has 1 aliphatic carbocycles. The van der Waals surface area contributed by atoms with E-state index in [-0.39, 0.29) is 55.6 Å². The van der Waals surface area contributed by atoms with Crippen LogP contribution in [0.25, 0.3) is 23.1 Å². The first-order valence-electron chi connectivity index (χ1n) is 20.4. The second kappa shape index (κ2) is 21.6. The highest BCUT2D eigenvalue weighted by Crippen LogP contribution is 2.34. The third-order valence-corrected chi connectivity index (χ3v) is 11.5. The van der Waals surface area contributed by atoms with E-state index >= 15 is 0 Å². The van der Waals surface area contributed by atoms with Crippen molar-refractivity contribution in [1.82, 2.24) is 35.6 Å². The largest absolute Gasteiger partial charge is 0.420 e. The Morgan fingerprint density at radius 2 is 1.56 bits per heavy atom. The molecular weight excluding hydrogens is 862 g/mol.